The number of benzene rings is 2. The average Bonchev–Trinajstić information content (AvgIpc) is 2.68. The maximum atomic E-state index is 13.7. The van der Waals surface area contributed by atoms with Gasteiger partial charge in [-0.2, -0.15) is 13.2 Å². The minimum Gasteiger partial charge on any atom is -0.369 e. The summed E-state index contributed by atoms with van der Waals surface area (Å²) < 4.78 is 41.1. The number of hydrogen-bond acceptors (Lipinski definition) is 5. The SMILES string of the molecule is CN1CCN(c2ccc(NC(=O)c3ccc(Br)c([N+](=O)[O-])c3)c(C(F)(F)F)c2)CC1. The molecular weight excluding hydrogens is 469 g/mol. The highest BCUT2D eigenvalue weighted by Gasteiger charge is 2.35. The maximum absolute atomic E-state index is 13.7. The van der Waals surface area contributed by atoms with Gasteiger partial charge in [-0.05, 0) is 53.3 Å². The Morgan fingerprint density at radius 1 is 1.13 bits per heavy atom. The molecule has 2 aromatic carbocycles. The second-order valence-corrected chi connectivity index (χ2v) is 7.75. The van der Waals surface area contributed by atoms with Gasteiger partial charge in [0.05, 0.1) is 20.6 Å². The van der Waals surface area contributed by atoms with Gasteiger partial charge in [0.2, 0.25) is 0 Å². The molecule has 2 aromatic rings. The standard InChI is InChI=1S/C19H18BrF3N4O3/c1-25-6-8-26(9-7-25)13-3-5-16(14(11-13)19(21,22)23)24-18(28)12-2-4-15(20)17(10-12)27(29)30/h2-5,10-11H,6-9H2,1H3,(H,24,28). The fraction of sp³-hybridized carbons (Fsp3) is 0.316. The van der Waals surface area contributed by atoms with Crippen LogP contribution in [0.4, 0.5) is 30.2 Å². The third kappa shape index (κ3) is 4.90. The molecule has 1 heterocycles. The lowest BCUT2D eigenvalue weighted by atomic mass is 10.1. The number of nitro benzene ring substituents is 1. The summed E-state index contributed by atoms with van der Waals surface area (Å²) in [6.07, 6.45) is -4.68. The summed E-state index contributed by atoms with van der Waals surface area (Å²) in [6.45, 7) is 2.68. The smallest absolute Gasteiger partial charge is 0.369 e. The van der Waals surface area contributed by atoms with E-state index in [0.29, 0.717) is 18.8 Å². The maximum Gasteiger partial charge on any atom is 0.418 e. The lowest BCUT2D eigenvalue weighted by Gasteiger charge is -2.34. The molecule has 0 radical (unpaired) electrons. The van der Waals surface area contributed by atoms with Crippen LogP contribution in [-0.2, 0) is 6.18 Å². The molecule has 1 fully saturated rings. The highest BCUT2D eigenvalue weighted by Crippen LogP contribution is 2.38. The van der Waals surface area contributed by atoms with Crippen molar-refractivity contribution in [2.45, 2.75) is 6.18 Å². The van der Waals surface area contributed by atoms with Crippen molar-refractivity contribution in [3.8, 4) is 0 Å². The Kier molecular flexibility index (Phi) is 6.32. The summed E-state index contributed by atoms with van der Waals surface area (Å²) in [4.78, 5) is 26.8. The predicted molar refractivity (Wildman–Crippen MR) is 110 cm³/mol. The molecule has 0 bridgehead atoms. The number of carbonyl (C=O) groups is 1. The molecule has 0 saturated carbocycles. The Morgan fingerprint density at radius 2 is 1.80 bits per heavy atom. The molecule has 0 aromatic heterocycles. The topological polar surface area (TPSA) is 78.7 Å². The second kappa shape index (κ2) is 8.60. The first-order chi connectivity index (χ1) is 14.1. The molecule has 7 nitrogen and oxygen atoms in total. The normalized spacial score (nSPS) is 15.2. The van der Waals surface area contributed by atoms with E-state index >= 15 is 0 Å². The second-order valence-electron chi connectivity index (χ2n) is 6.90. The van der Waals surface area contributed by atoms with E-state index < -0.39 is 28.3 Å². The van der Waals surface area contributed by atoms with Gasteiger partial charge in [0.15, 0.2) is 0 Å². The summed E-state index contributed by atoms with van der Waals surface area (Å²) >= 11 is 3.00. The van der Waals surface area contributed by atoms with Crippen LogP contribution in [0.15, 0.2) is 40.9 Å². The number of amides is 1. The van der Waals surface area contributed by atoms with E-state index in [2.05, 4.69) is 26.1 Å². The molecule has 0 spiro atoms. The molecule has 160 valence electrons. The molecule has 1 aliphatic rings. The Hall–Kier alpha value is -2.66. The Labute approximate surface area is 178 Å². The van der Waals surface area contributed by atoms with Crippen LogP contribution in [0.1, 0.15) is 15.9 Å². The van der Waals surface area contributed by atoms with Gasteiger partial charge in [-0.1, -0.05) is 0 Å². The molecule has 0 aliphatic carbocycles. The lowest BCUT2D eigenvalue weighted by Crippen LogP contribution is -2.44. The summed E-state index contributed by atoms with van der Waals surface area (Å²) in [5.41, 5.74) is -1.44. The van der Waals surface area contributed by atoms with Crippen molar-refractivity contribution in [2.75, 3.05) is 43.4 Å². The molecule has 1 N–H and O–H groups in total. The van der Waals surface area contributed by atoms with Crippen LogP contribution < -0.4 is 10.2 Å². The highest BCUT2D eigenvalue weighted by atomic mass is 79.9. The van der Waals surface area contributed by atoms with Crippen LogP contribution in [0, 0.1) is 10.1 Å². The number of nitrogens with zero attached hydrogens (tertiary/aromatic N) is 3. The van der Waals surface area contributed by atoms with E-state index in [1.807, 2.05) is 11.9 Å². The Balaban J connectivity index is 1.89. The van der Waals surface area contributed by atoms with Crippen LogP contribution in [0.25, 0.3) is 0 Å². The molecule has 1 saturated heterocycles. The number of anilines is 2. The molecular formula is C19H18BrF3N4O3. The minimum atomic E-state index is -4.68. The van der Waals surface area contributed by atoms with E-state index in [9.17, 15) is 28.1 Å². The molecule has 1 aliphatic heterocycles. The fourth-order valence-corrected chi connectivity index (χ4v) is 3.52. The van der Waals surface area contributed by atoms with Gasteiger partial charge in [-0.15, -0.1) is 0 Å². The van der Waals surface area contributed by atoms with Gasteiger partial charge >= 0.3 is 6.18 Å². The number of likely N-dealkylation sites (N-methyl/N-ethyl adjacent to an activating group) is 1. The Morgan fingerprint density at radius 3 is 2.40 bits per heavy atom. The zero-order valence-corrected chi connectivity index (χ0v) is 17.5. The molecule has 1 amide bonds. The van der Waals surface area contributed by atoms with Crippen LogP contribution in [0.2, 0.25) is 0 Å². The van der Waals surface area contributed by atoms with E-state index in [1.165, 1.54) is 24.3 Å². The van der Waals surface area contributed by atoms with Crippen LogP contribution in [-0.4, -0.2) is 49.0 Å². The van der Waals surface area contributed by atoms with Crippen LogP contribution in [0.3, 0.4) is 0 Å². The van der Waals surface area contributed by atoms with E-state index in [1.54, 1.807) is 0 Å². The number of nitrogens with one attached hydrogen (secondary N) is 1. The number of nitro groups is 1. The van der Waals surface area contributed by atoms with Crippen molar-refractivity contribution in [1.82, 2.24) is 4.90 Å². The third-order valence-electron chi connectivity index (χ3n) is 4.83. The van der Waals surface area contributed by atoms with Crippen LogP contribution in [0.5, 0.6) is 0 Å². The first-order valence-electron chi connectivity index (χ1n) is 8.96. The van der Waals surface area contributed by atoms with Crippen molar-refractivity contribution in [1.29, 1.82) is 0 Å². The van der Waals surface area contributed by atoms with Crippen molar-refractivity contribution in [3.63, 3.8) is 0 Å². The first kappa shape index (κ1) is 22.0. The number of alkyl halides is 3. The average molecular weight is 487 g/mol. The molecule has 0 unspecified atom stereocenters. The highest BCUT2D eigenvalue weighted by molar-refractivity contribution is 9.10. The lowest BCUT2D eigenvalue weighted by molar-refractivity contribution is -0.385. The van der Waals surface area contributed by atoms with Gasteiger partial charge in [-0.3, -0.25) is 14.9 Å². The predicted octanol–water partition coefficient (Wildman–Crippen LogP) is 4.38. The van der Waals surface area contributed by atoms with Gasteiger partial charge in [0.1, 0.15) is 0 Å². The number of halogens is 4. The monoisotopic (exact) mass is 486 g/mol. The first-order valence-corrected chi connectivity index (χ1v) is 9.75. The Bertz CT molecular complexity index is 976. The van der Waals surface area contributed by atoms with Gasteiger partial charge < -0.3 is 15.1 Å². The summed E-state index contributed by atoms with van der Waals surface area (Å²) in [7, 11) is 1.95. The largest absolute Gasteiger partial charge is 0.418 e. The fourth-order valence-electron chi connectivity index (χ4n) is 3.13. The summed E-state index contributed by atoms with van der Waals surface area (Å²) in [6, 6.07) is 7.35. The van der Waals surface area contributed by atoms with Crippen LogP contribution >= 0.6 is 15.9 Å². The van der Waals surface area contributed by atoms with Gasteiger partial charge in [0.25, 0.3) is 11.6 Å². The zero-order valence-electron chi connectivity index (χ0n) is 15.9. The number of piperazine rings is 1. The number of hydrogen-bond donors (Lipinski definition) is 1. The number of carbonyl (C=O) groups excluding carboxylic acids is 1. The van der Waals surface area contributed by atoms with E-state index in [-0.39, 0.29) is 15.7 Å². The molecule has 30 heavy (non-hydrogen) atoms. The van der Waals surface area contributed by atoms with Gasteiger partial charge in [0, 0.05) is 43.5 Å². The quantitative estimate of drug-likeness (QED) is 0.512. The van der Waals surface area contributed by atoms with Crippen molar-refractivity contribution in [2.24, 2.45) is 0 Å². The van der Waals surface area contributed by atoms with E-state index in [4.69, 9.17) is 0 Å². The number of rotatable bonds is 4. The van der Waals surface area contributed by atoms with Crippen molar-refractivity contribution >= 4 is 38.9 Å². The molecule has 11 heteroatoms. The molecule has 0 atom stereocenters. The van der Waals surface area contributed by atoms with E-state index in [0.717, 1.165) is 25.2 Å². The third-order valence-corrected chi connectivity index (χ3v) is 5.50. The molecule has 3 rings (SSSR count). The zero-order chi connectivity index (χ0) is 22.1. The minimum absolute atomic E-state index is 0.124. The van der Waals surface area contributed by atoms with Crippen molar-refractivity contribution in [3.05, 3.63) is 62.1 Å². The van der Waals surface area contributed by atoms with Gasteiger partial charge in [-0.25, -0.2) is 0 Å². The summed E-state index contributed by atoms with van der Waals surface area (Å²) in [5, 5.41) is 13.3. The summed E-state index contributed by atoms with van der Waals surface area (Å²) in [5.74, 6) is -0.872. The van der Waals surface area contributed by atoms with Crippen molar-refractivity contribution < 1.29 is 22.9 Å².